The van der Waals surface area contributed by atoms with Gasteiger partial charge in [-0.15, -0.1) is 11.8 Å². The molecule has 2 N–H and O–H groups in total. The zero-order valence-electron chi connectivity index (χ0n) is 16.6. The van der Waals surface area contributed by atoms with Crippen LogP contribution in [0.1, 0.15) is 29.7 Å². The van der Waals surface area contributed by atoms with Gasteiger partial charge in [-0.2, -0.15) is 0 Å². The lowest BCUT2D eigenvalue weighted by molar-refractivity contribution is 0.336. The standard InChI is InChI=1S/C22H21N3O3S2/c1-3-28-16-10-6-4-8-13(16)18-12-15(23-14-9-5-7-11-17(14)30-18)19-20(26)24-22(29)25(2)21(19)27/h4-11,18,27H,3,12H2,1-2H3,(H,24,26,29). The van der Waals surface area contributed by atoms with Gasteiger partial charge in [-0.05, 0) is 37.3 Å². The van der Waals surface area contributed by atoms with Crippen LogP contribution in [0.4, 0.5) is 5.69 Å². The molecule has 0 amide bonds. The SMILES string of the molecule is CCOc1ccccc1C1CC(c2c(O)n(C)c(=S)[nH]c2=O)=Nc2ccccc2S1. The second-order valence-corrected chi connectivity index (χ2v) is 8.46. The number of ether oxygens (including phenoxy) is 1. The Morgan fingerprint density at radius 2 is 2.00 bits per heavy atom. The lowest BCUT2D eigenvalue weighted by Crippen LogP contribution is -2.23. The first-order chi connectivity index (χ1) is 14.5. The van der Waals surface area contributed by atoms with E-state index in [-0.39, 0.29) is 21.5 Å². The topological polar surface area (TPSA) is 79.6 Å². The molecule has 0 aliphatic carbocycles. The zero-order chi connectivity index (χ0) is 21.3. The number of fused-ring (bicyclic) bond motifs is 1. The number of hydrogen-bond acceptors (Lipinski definition) is 6. The van der Waals surface area contributed by atoms with Crippen molar-refractivity contribution in [3.05, 3.63) is 74.8 Å². The van der Waals surface area contributed by atoms with Crippen molar-refractivity contribution >= 4 is 35.4 Å². The van der Waals surface area contributed by atoms with Crippen LogP contribution in [-0.2, 0) is 7.05 Å². The van der Waals surface area contributed by atoms with Crippen LogP contribution in [0.25, 0.3) is 0 Å². The Kier molecular flexibility index (Phi) is 5.78. The van der Waals surface area contributed by atoms with E-state index in [0.717, 1.165) is 21.9 Å². The fourth-order valence-electron chi connectivity index (χ4n) is 3.44. The van der Waals surface area contributed by atoms with Crippen molar-refractivity contribution in [3.8, 4) is 11.6 Å². The number of thioether (sulfide) groups is 1. The number of hydrogen-bond donors (Lipinski definition) is 2. The van der Waals surface area contributed by atoms with Crippen molar-refractivity contribution in [3.63, 3.8) is 0 Å². The Morgan fingerprint density at radius 3 is 2.80 bits per heavy atom. The van der Waals surface area contributed by atoms with Gasteiger partial charge in [0.2, 0.25) is 5.88 Å². The number of aliphatic imine (C=N–C) groups is 1. The molecular weight excluding hydrogens is 418 g/mol. The first-order valence-electron chi connectivity index (χ1n) is 9.57. The molecule has 1 aromatic heterocycles. The van der Waals surface area contributed by atoms with E-state index in [0.29, 0.717) is 18.7 Å². The molecule has 6 nitrogen and oxygen atoms in total. The van der Waals surface area contributed by atoms with Crippen molar-refractivity contribution in [2.24, 2.45) is 12.0 Å². The fourth-order valence-corrected chi connectivity index (χ4v) is 4.88. The van der Waals surface area contributed by atoms with E-state index < -0.39 is 5.56 Å². The van der Waals surface area contributed by atoms with Gasteiger partial charge in [-0.3, -0.25) is 19.3 Å². The largest absolute Gasteiger partial charge is 0.494 e. The maximum atomic E-state index is 12.7. The van der Waals surface area contributed by atoms with E-state index in [4.69, 9.17) is 21.9 Å². The highest BCUT2D eigenvalue weighted by Crippen LogP contribution is 2.47. The third-order valence-electron chi connectivity index (χ3n) is 4.92. The molecule has 1 aliphatic heterocycles. The smallest absolute Gasteiger partial charge is 0.264 e. The number of rotatable bonds is 4. The Balaban J connectivity index is 1.91. The molecular formula is C22H21N3O3S2. The fraction of sp³-hybridized carbons (Fsp3) is 0.227. The Bertz CT molecular complexity index is 1250. The van der Waals surface area contributed by atoms with Crippen LogP contribution in [-0.4, -0.2) is 27.0 Å². The Hall–Kier alpha value is -2.84. The maximum absolute atomic E-state index is 12.7. The molecule has 0 radical (unpaired) electrons. The summed E-state index contributed by atoms with van der Waals surface area (Å²) in [7, 11) is 1.61. The van der Waals surface area contributed by atoms with E-state index in [9.17, 15) is 9.90 Å². The number of nitrogens with one attached hydrogen (secondary N) is 1. The van der Waals surface area contributed by atoms with Crippen LogP contribution >= 0.6 is 24.0 Å². The van der Waals surface area contributed by atoms with Gasteiger partial charge in [-0.1, -0.05) is 30.3 Å². The molecule has 0 bridgehead atoms. The van der Waals surface area contributed by atoms with E-state index in [2.05, 4.69) is 4.98 Å². The van der Waals surface area contributed by atoms with Gasteiger partial charge in [0.25, 0.3) is 5.56 Å². The summed E-state index contributed by atoms with van der Waals surface area (Å²) in [5.41, 5.74) is 1.98. The van der Waals surface area contributed by atoms with Gasteiger partial charge in [0, 0.05) is 29.2 Å². The van der Waals surface area contributed by atoms with Gasteiger partial charge >= 0.3 is 0 Å². The van der Waals surface area contributed by atoms with Crippen LogP contribution in [0, 0.1) is 4.77 Å². The highest BCUT2D eigenvalue weighted by molar-refractivity contribution is 7.99. The zero-order valence-corrected chi connectivity index (χ0v) is 18.2. The number of aromatic nitrogens is 2. The van der Waals surface area contributed by atoms with Gasteiger partial charge in [-0.25, -0.2) is 0 Å². The summed E-state index contributed by atoms with van der Waals surface area (Å²) in [6.45, 7) is 2.51. The van der Waals surface area contributed by atoms with Gasteiger partial charge in [0.05, 0.1) is 18.0 Å². The van der Waals surface area contributed by atoms with E-state index in [1.54, 1.807) is 18.8 Å². The van der Waals surface area contributed by atoms with Crippen molar-refractivity contribution in [2.45, 2.75) is 23.5 Å². The summed E-state index contributed by atoms with van der Waals surface area (Å²) in [5, 5.41) is 10.7. The quantitative estimate of drug-likeness (QED) is 0.565. The minimum atomic E-state index is -0.449. The van der Waals surface area contributed by atoms with Crippen LogP contribution < -0.4 is 10.3 Å². The third kappa shape index (κ3) is 3.80. The van der Waals surface area contributed by atoms with Gasteiger partial charge in [0.15, 0.2) is 4.77 Å². The molecule has 1 aliphatic rings. The van der Waals surface area contributed by atoms with Crippen molar-refractivity contribution in [1.82, 2.24) is 9.55 Å². The minimum Gasteiger partial charge on any atom is -0.494 e. The summed E-state index contributed by atoms with van der Waals surface area (Å²) in [6.07, 6.45) is 0.441. The summed E-state index contributed by atoms with van der Waals surface area (Å²) >= 11 is 6.78. The molecule has 1 atom stereocenters. The average Bonchev–Trinajstić information content (AvgIpc) is 2.92. The molecule has 1 unspecified atom stereocenters. The van der Waals surface area contributed by atoms with Crippen LogP contribution in [0.15, 0.2) is 63.2 Å². The number of nitrogens with zero attached hydrogens (tertiary/aromatic N) is 2. The summed E-state index contributed by atoms with van der Waals surface area (Å²) in [6, 6.07) is 15.7. The average molecular weight is 440 g/mol. The molecule has 0 saturated carbocycles. The molecule has 30 heavy (non-hydrogen) atoms. The first kappa shape index (κ1) is 20.4. The molecule has 154 valence electrons. The van der Waals surface area contributed by atoms with Crippen molar-refractivity contribution in [2.75, 3.05) is 6.61 Å². The van der Waals surface area contributed by atoms with Crippen molar-refractivity contribution in [1.29, 1.82) is 0 Å². The maximum Gasteiger partial charge on any atom is 0.264 e. The Morgan fingerprint density at radius 1 is 1.27 bits per heavy atom. The number of benzene rings is 2. The molecule has 2 heterocycles. The number of aromatic hydroxyl groups is 1. The number of para-hydroxylation sites is 2. The molecule has 8 heteroatoms. The van der Waals surface area contributed by atoms with E-state index in [1.165, 1.54) is 4.57 Å². The molecule has 4 rings (SSSR count). The lowest BCUT2D eigenvalue weighted by atomic mass is 10.0. The van der Waals surface area contributed by atoms with Crippen LogP contribution in [0.5, 0.6) is 11.6 Å². The van der Waals surface area contributed by atoms with Crippen LogP contribution in [0.3, 0.4) is 0 Å². The van der Waals surface area contributed by atoms with Crippen molar-refractivity contribution < 1.29 is 9.84 Å². The molecule has 0 spiro atoms. The van der Waals surface area contributed by atoms with E-state index in [1.807, 2.05) is 55.5 Å². The second kappa shape index (κ2) is 8.49. The van der Waals surface area contributed by atoms with Gasteiger partial charge in [0.1, 0.15) is 11.3 Å². The van der Waals surface area contributed by atoms with Crippen LogP contribution in [0.2, 0.25) is 0 Å². The second-order valence-electron chi connectivity index (χ2n) is 6.82. The molecule has 2 aromatic carbocycles. The highest BCUT2D eigenvalue weighted by Gasteiger charge is 2.28. The predicted octanol–water partition coefficient (Wildman–Crippen LogP) is 4.91. The van der Waals surface area contributed by atoms with Gasteiger partial charge < -0.3 is 9.84 Å². The lowest BCUT2D eigenvalue weighted by Gasteiger charge is -2.19. The number of H-pyrrole nitrogens is 1. The summed E-state index contributed by atoms with van der Waals surface area (Å²) < 4.78 is 7.39. The first-order valence-corrected chi connectivity index (χ1v) is 10.9. The Labute approximate surface area is 183 Å². The molecule has 3 aromatic rings. The minimum absolute atomic E-state index is 0.0533. The summed E-state index contributed by atoms with van der Waals surface area (Å²) in [4.78, 5) is 21.2. The number of aromatic amines is 1. The van der Waals surface area contributed by atoms with E-state index >= 15 is 0 Å². The highest BCUT2D eigenvalue weighted by atomic mass is 32.2. The normalized spacial score (nSPS) is 15.8. The molecule has 0 saturated heterocycles. The predicted molar refractivity (Wildman–Crippen MR) is 122 cm³/mol. The third-order valence-corrected chi connectivity index (χ3v) is 6.60. The monoisotopic (exact) mass is 439 g/mol. The molecule has 0 fully saturated rings. The summed E-state index contributed by atoms with van der Waals surface area (Å²) in [5.74, 6) is 0.615.